The highest BCUT2D eigenvalue weighted by Crippen LogP contribution is 2.29. The van der Waals surface area contributed by atoms with Gasteiger partial charge < -0.3 is 15.0 Å². The van der Waals surface area contributed by atoms with Gasteiger partial charge in [-0.05, 0) is 44.4 Å². The van der Waals surface area contributed by atoms with Crippen molar-refractivity contribution in [3.63, 3.8) is 0 Å². The Morgan fingerprint density at radius 1 is 1.33 bits per heavy atom. The minimum atomic E-state index is 0.204. The minimum Gasteiger partial charge on any atom is -0.489 e. The molecule has 1 saturated carbocycles. The molecule has 3 heteroatoms. The highest BCUT2D eigenvalue weighted by atomic mass is 16.5. The fraction of sp³-hybridized carbons (Fsp3) is 0.600. The number of benzene rings is 1. The molecular weight excluding hydrogens is 224 g/mol. The summed E-state index contributed by atoms with van der Waals surface area (Å²) in [6, 6.07) is 7.22. The number of ether oxygens (including phenoxy) is 1. The summed E-state index contributed by atoms with van der Waals surface area (Å²) in [4.78, 5) is 2.09. The van der Waals surface area contributed by atoms with Gasteiger partial charge in [0.05, 0.1) is 11.8 Å². The third kappa shape index (κ3) is 3.64. The Morgan fingerprint density at radius 3 is 2.61 bits per heavy atom. The molecule has 2 rings (SSSR count). The SMILES string of the molecule is CC(C)Oc1cc(CNC2CC2)ccc1N(C)C. The van der Waals surface area contributed by atoms with Crippen LogP contribution in [-0.2, 0) is 6.54 Å². The van der Waals surface area contributed by atoms with Gasteiger partial charge in [-0.25, -0.2) is 0 Å². The maximum absolute atomic E-state index is 5.90. The van der Waals surface area contributed by atoms with Crippen LogP contribution in [0.4, 0.5) is 5.69 Å². The van der Waals surface area contributed by atoms with Gasteiger partial charge in [-0.2, -0.15) is 0 Å². The maximum Gasteiger partial charge on any atom is 0.143 e. The van der Waals surface area contributed by atoms with E-state index in [1.807, 2.05) is 14.1 Å². The Hall–Kier alpha value is -1.22. The molecule has 18 heavy (non-hydrogen) atoms. The Kier molecular flexibility index (Phi) is 4.12. The molecule has 0 heterocycles. The third-order valence-corrected chi connectivity index (χ3v) is 3.04. The fourth-order valence-corrected chi connectivity index (χ4v) is 1.94. The van der Waals surface area contributed by atoms with E-state index in [0.29, 0.717) is 0 Å². The summed E-state index contributed by atoms with van der Waals surface area (Å²) in [6.45, 7) is 5.07. The lowest BCUT2D eigenvalue weighted by atomic mass is 10.1. The number of hydrogen-bond donors (Lipinski definition) is 1. The van der Waals surface area contributed by atoms with Gasteiger partial charge in [0.15, 0.2) is 0 Å². The molecule has 1 fully saturated rings. The summed E-state index contributed by atoms with van der Waals surface area (Å²) >= 11 is 0. The van der Waals surface area contributed by atoms with E-state index in [1.54, 1.807) is 0 Å². The van der Waals surface area contributed by atoms with E-state index in [2.05, 4.69) is 42.3 Å². The van der Waals surface area contributed by atoms with E-state index in [0.717, 1.165) is 24.0 Å². The lowest BCUT2D eigenvalue weighted by molar-refractivity contribution is 0.243. The second-order valence-electron chi connectivity index (χ2n) is 5.52. The molecule has 1 N–H and O–H groups in total. The lowest BCUT2D eigenvalue weighted by Crippen LogP contribution is -2.17. The molecule has 1 aromatic carbocycles. The minimum absolute atomic E-state index is 0.204. The second-order valence-corrected chi connectivity index (χ2v) is 5.52. The first-order chi connectivity index (χ1) is 8.56. The van der Waals surface area contributed by atoms with Crippen LogP contribution in [0, 0.1) is 0 Å². The number of anilines is 1. The summed E-state index contributed by atoms with van der Waals surface area (Å²) in [5, 5.41) is 3.53. The van der Waals surface area contributed by atoms with E-state index >= 15 is 0 Å². The predicted octanol–water partition coefficient (Wildman–Crippen LogP) is 2.79. The Bertz CT molecular complexity index is 397. The molecule has 0 unspecified atom stereocenters. The first-order valence-corrected chi connectivity index (χ1v) is 6.76. The van der Waals surface area contributed by atoms with Crippen LogP contribution < -0.4 is 15.0 Å². The highest BCUT2D eigenvalue weighted by Gasteiger charge is 2.20. The number of nitrogens with one attached hydrogen (secondary N) is 1. The standard InChI is InChI=1S/C15H24N2O/c1-11(2)18-15-9-12(10-16-13-6-7-13)5-8-14(15)17(3)4/h5,8-9,11,13,16H,6-7,10H2,1-4H3. The Balaban J connectivity index is 2.11. The van der Waals surface area contributed by atoms with Crippen molar-refractivity contribution in [2.75, 3.05) is 19.0 Å². The predicted molar refractivity (Wildman–Crippen MR) is 76.4 cm³/mol. The number of hydrogen-bond acceptors (Lipinski definition) is 3. The van der Waals surface area contributed by atoms with Gasteiger partial charge in [-0.3, -0.25) is 0 Å². The van der Waals surface area contributed by atoms with E-state index in [4.69, 9.17) is 4.74 Å². The average Bonchev–Trinajstić information content (AvgIpc) is 3.09. The van der Waals surface area contributed by atoms with Gasteiger partial charge in [0.25, 0.3) is 0 Å². The molecule has 0 saturated heterocycles. The van der Waals surface area contributed by atoms with E-state index < -0.39 is 0 Å². The molecule has 0 aromatic heterocycles. The average molecular weight is 248 g/mol. The van der Waals surface area contributed by atoms with Crippen LogP contribution in [0.1, 0.15) is 32.3 Å². The monoisotopic (exact) mass is 248 g/mol. The van der Waals surface area contributed by atoms with Crippen molar-refractivity contribution in [3.8, 4) is 5.75 Å². The van der Waals surface area contributed by atoms with Gasteiger partial charge in [0, 0.05) is 26.7 Å². The summed E-state index contributed by atoms with van der Waals surface area (Å²) in [5.74, 6) is 0.977. The normalized spacial score (nSPS) is 14.9. The van der Waals surface area contributed by atoms with Crippen LogP contribution in [0.15, 0.2) is 18.2 Å². The van der Waals surface area contributed by atoms with Crippen molar-refractivity contribution >= 4 is 5.69 Å². The third-order valence-electron chi connectivity index (χ3n) is 3.04. The maximum atomic E-state index is 5.90. The summed E-state index contributed by atoms with van der Waals surface area (Å²) < 4.78 is 5.90. The number of rotatable bonds is 6. The Morgan fingerprint density at radius 2 is 2.06 bits per heavy atom. The molecular formula is C15H24N2O. The van der Waals surface area contributed by atoms with Gasteiger partial charge in [0.2, 0.25) is 0 Å². The number of nitrogens with zero attached hydrogens (tertiary/aromatic N) is 1. The summed E-state index contributed by atoms with van der Waals surface area (Å²) in [7, 11) is 4.09. The van der Waals surface area contributed by atoms with Crippen LogP contribution in [0.3, 0.4) is 0 Å². The molecule has 0 spiro atoms. The lowest BCUT2D eigenvalue weighted by Gasteiger charge is -2.20. The van der Waals surface area contributed by atoms with Gasteiger partial charge in [0.1, 0.15) is 5.75 Å². The van der Waals surface area contributed by atoms with Crippen molar-refractivity contribution in [2.45, 2.75) is 45.4 Å². The van der Waals surface area contributed by atoms with Crippen LogP contribution >= 0.6 is 0 Å². The van der Waals surface area contributed by atoms with Gasteiger partial charge in [-0.15, -0.1) is 0 Å². The second kappa shape index (κ2) is 5.61. The van der Waals surface area contributed by atoms with Crippen LogP contribution in [0.2, 0.25) is 0 Å². The molecule has 1 aliphatic rings. The molecule has 3 nitrogen and oxygen atoms in total. The zero-order valence-electron chi connectivity index (χ0n) is 11.9. The zero-order valence-corrected chi connectivity index (χ0v) is 11.9. The topological polar surface area (TPSA) is 24.5 Å². The molecule has 0 aliphatic heterocycles. The summed E-state index contributed by atoms with van der Waals surface area (Å²) in [5.41, 5.74) is 2.43. The van der Waals surface area contributed by atoms with Crippen LogP contribution in [0.25, 0.3) is 0 Å². The molecule has 0 bridgehead atoms. The molecule has 0 atom stereocenters. The highest BCUT2D eigenvalue weighted by molar-refractivity contribution is 5.59. The van der Waals surface area contributed by atoms with Crippen LogP contribution in [0.5, 0.6) is 5.75 Å². The summed E-state index contributed by atoms with van der Waals surface area (Å²) in [6.07, 6.45) is 2.85. The van der Waals surface area contributed by atoms with Crippen molar-refractivity contribution in [1.29, 1.82) is 0 Å². The van der Waals surface area contributed by atoms with Crippen molar-refractivity contribution in [3.05, 3.63) is 23.8 Å². The first kappa shape index (κ1) is 13.2. The molecule has 1 aliphatic carbocycles. The van der Waals surface area contributed by atoms with E-state index in [-0.39, 0.29) is 6.10 Å². The quantitative estimate of drug-likeness (QED) is 0.838. The largest absolute Gasteiger partial charge is 0.489 e. The Labute approximate surface area is 110 Å². The molecule has 0 radical (unpaired) electrons. The first-order valence-electron chi connectivity index (χ1n) is 6.76. The van der Waals surface area contributed by atoms with Crippen LogP contribution in [-0.4, -0.2) is 26.2 Å². The molecule has 0 amide bonds. The van der Waals surface area contributed by atoms with Crippen molar-refractivity contribution in [2.24, 2.45) is 0 Å². The van der Waals surface area contributed by atoms with Gasteiger partial charge in [-0.1, -0.05) is 6.07 Å². The zero-order chi connectivity index (χ0) is 13.1. The van der Waals surface area contributed by atoms with Crippen molar-refractivity contribution < 1.29 is 4.74 Å². The van der Waals surface area contributed by atoms with Crippen molar-refractivity contribution in [1.82, 2.24) is 5.32 Å². The molecule has 1 aromatic rings. The smallest absolute Gasteiger partial charge is 0.143 e. The molecule has 100 valence electrons. The van der Waals surface area contributed by atoms with E-state index in [9.17, 15) is 0 Å². The fourth-order valence-electron chi connectivity index (χ4n) is 1.94. The van der Waals surface area contributed by atoms with Gasteiger partial charge >= 0.3 is 0 Å². The van der Waals surface area contributed by atoms with E-state index in [1.165, 1.54) is 18.4 Å².